The molecule has 19 heavy (non-hydrogen) atoms. The third-order valence-corrected chi connectivity index (χ3v) is 3.65. The molecule has 0 atom stereocenters. The molecule has 1 spiro atoms. The first kappa shape index (κ1) is 13.1. The highest BCUT2D eigenvalue weighted by Crippen LogP contribution is 2.35. The van der Waals surface area contributed by atoms with Gasteiger partial charge in [-0.15, -0.1) is 0 Å². The number of halogens is 1. The molecule has 5 nitrogen and oxygen atoms in total. The van der Waals surface area contributed by atoms with E-state index in [4.69, 9.17) is 31.2 Å². The Morgan fingerprint density at radius 2 is 1.53 bits per heavy atom. The van der Waals surface area contributed by atoms with Crippen LogP contribution in [0.15, 0.2) is 24.3 Å². The van der Waals surface area contributed by atoms with Crippen LogP contribution in [0, 0.1) is 0 Å². The molecule has 1 aliphatic carbocycles. The number of anilines is 1. The highest BCUT2D eigenvalue weighted by Gasteiger charge is 2.40. The Bertz CT molecular complexity index is 407. The largest absolute Gasteiger partial charge is 0.320 e. The average Bonchev–Trinajstić information content (AvgIpc) is 2.85. The lowest BCUT2D eigenvalue weighted by molar-refractivity contribution is -0.520. The third kappa shape index (κ3) is 3.01. The van der Waals surface area contributed by atoms with Gasteiger partial charge in [-0.25, -0.2) is 9.78 Å². The molecule has 0 bridgehead atoms. The van der Waals surface area contributed by atoms with E-state index in [0.717, 1.165) is 31.4 Å². The molecule has 104 valence electrons. The predicted molar refractivity (Wildman–Crippen MR) is 69.2 cm³/mol. The molecular weight excluding hydrogens is 270 g/mol. The smallest absolute Gasteiger partial charge is 0.234 e. The van der Waals surface area contributed by atoms with E-state index in [-0.39, 0.29) is 13.5 Å². The van der Waals surface area contributed by atoms with E-state index in [9.17, 15) is 0 Å². The normalized spacial score (nSPS) is 23.3. The standard InChI is InChI=1S/C13H16ClNO4/c14-11-3-5-12(6-4-11)15-9-16-18-13(19-17-10-15)7-1-2-8-13/h3-6H,1-2,7-10H2. The minimum absolute atomic E-state index is 0.284. The van der Waals surface area contributed by atoms with E-state index in [1.807, 2.05) is 29.2 Å². The number of benzene rings is 1. The number of hydrogen-bond acceptors (Lipinski definition) is 5. The van der Waals surface area contributed by atoms with E-state index in [1.165, 1.54) is 0 Å². The molecule has 1 saturated carbocycles. The van der Waals surface area contributed by atoms with Crippen LogP contribution in [0.1, 0.15) is 25.7 Å². The van der Waals surface area contributed by atoms with Gasteiger partial charge in [-0.1, -0.05) is 11.6 Å². The van der Waals surface area contributed by atoms with Gasteiger partial charge in [0, 0.05) is 23.6 Å². The minimum Gasteiger partial charge on any atom is -0.320 e. The van der Waals surface area contributed by atoms with Crippen LogP contribution in [0.25, 0.3) is 0 Å². The Morgan fingerprint density at radius 1 is 0.947 bits per heavy atom. The maximum Gasteiger partial charge on any atom is 0.234 e. The van der Waals surface area contributed by atoms with Crippen LogP contribution < -0.4 is 4.90 Å². The van der Waals surface area contributed by atoms with Gasteiger partial charge in [-0.3, -0.25) is 0 Å². The van der Waals surface area contributed by atoms with E-state index in [2.05, 4.69) is 0 Å². The molecule has 2 aliphatic rings. The van der Waals surface area contributed by atoms with Crippen molar-refractivity contribution < 1.29 is 19.6 Å². The van der Waals surface area contributed by atoms with Gasteiger partial charge in [0.25, 0.3) is 0 Å². The molecule has 0 aromatic heterocycles. The van der Waals surface area contributed by atoms with Crippen LogP contribution >= 0.6 is 11.6 Å². The summed E-state index contributed by atoms with van der Waals surface area (Å²) in [5.41, 5.74) is 0.930. The van der Waals surface area contributed by atoms with Gasteiger partial charge in [0.05, 0.1) is 0 Å². The maximum atomic E-state index is 5.86. The van der Waals surface area contributed by atoms with E-state index < -0.39 is 5.79 Å². The zero-order valence-corrected chi connectivity index (χ0v) is 11.3. The van der Waals surface area contributed by atoms with Crippen molar-refractivity contribution in [3.8, 4) is 0 Å². The van der Waals surface area contributed by atoms with Gasteiger partial charge < -0.3 is 4.90 Å². The Labute approximate surface area is 116 Å². The Kier molecular flexibility index (Phi) is 3.91. The molecule has 1 aromatic carbocycles. The molecule has 6 heteroatoms. The van der Waals surface area contributed by atoms with E-state index in [0.29, 0.717) is 5.02 Å². The Balaban J connectivity index is 1.63. The van der Waals surface area contributed by atoms with Gasteiger partial charge >= 0.3 is 0 Å². The van der Waals surface area contributed by atoms with Crippen molar-refractivity contribution in [3.05, 3.63) is 29.3 Å². The van der Waals surface area contributed by atoms with Gasteiger partial charge in [0.2, 0.25) is 5.79 Å². The number of hydrogen-bond donors (Lipinski definition) is 0. The molecule has 3 rings (SSSR count). The summed E-state index contributed by atoms with van der Waals surface area (Å²) in [6.07, 6.45) is 3.73. The number of nitrogens with zero attached hydrogens (tertiary/aromatic N) is 1. The van der Waals surface area contributed by atoms with Crippen molar-refractivity contribution in [3.63, 3.8) is 0 Å². The lowest BCUT2D eigenvalue weighted by atomic mass is 10.2. The summed E-state index contributed by atoms with van der Waals surface area (Å²) in [7, 11) is 0. The molecule has 0 unspecified atom stereocenters. The molecular formula is C13H16ClNO4. The van der Waals surface area contributed by atoms with Gasteiger partial charge in [0.15, 0.2) is 13.5 Å². The highest BCUT2D eigenvalue weighted by atomic mass is 35.5. The lowest BCUT2D eigenvalue weighted by Crippen LogP contribution is -2.41. The minimum atomic E-state index is -0.716. The molecule has 1 saturated heterocycles. The molecule has 1 aromatic rings. The van der Waals surface area contributed by atoms with Crippen LogP contribution in [0.5, 0.6) is 0 Å². The van der Waals surface area contributed by atoms with Crippen molar-refractivity contribution in [2.45, 2.75) is 31.5 Å². The first-order valence-corrected chi connectivity index (χ1v) is 6.77. The Morgan fingerprint density at radius 3 is 2.11 bits per heavy atom. The van der Waals surface area contributed by atoms with Gasteiger partial charge in [-0.05, 0) is 37.1 Å². The van der Waals surface area contributed by atoms with Crippen LogP contribution in [-0.4, -0.2) is 19.2 Å². The summed E-state index contributed by atoms with van der Waals surface area (Å²) in [5, 5.41) is 0.690. The van der Waals surface area contributed by atoms with Crippen LogP contribution in [0.3, 0.4) is 0 Å². The number of rotatable bonds is 1. The summed E-state index contributed by atoms with van der Waals surface area (Å²) < 4.78 is 0. The summed E-state index contributed by atoms with van der Waals surface area (Å²) in [6, 6.07) is 7.41. The predicted octanol–water partition coefficient (Wildman–Crippen LogP) is 3.24. The second kappa shape index (κ2) is 5.64. The highest BCUT2D eigenvalue weighted by molar-refractivity contribution is 6.30. The zero-order chi connectivity index (χ0) is 13.1. The van der Waals surface area contributed by atoms with Crippen LogP contribution in [0.2, 0.25) is 5.02 Å². The average molecular weight is 286 g/mol. The van der Waals surface area contributed by atoms with Crippen molar-refractivity contribution in [1.29, 1.82) is 0 Å². The summed E-state index contributed by atoms with van der Waals surface area (Å²) in [6.45, 7) is 0.569. The molecule has 2 fully saturated rings. The molecule has 0 radical (unpaired) electrons. The summed E-state index contributed by atoms with van der Waals surface area (Å²) >= 11 is 5.86. The van der Waals surface area contributed by atoms with Crippen LogP contribution in [0.4, 0.5) is 5.69 Å². The Hall–Kier alpha value is -0.850. The monoisotopic (exact) mass is 285 g/mol. The molecule has 1 aliphatic heterocycles. The second-order valence-corrected chi connectivity index (χ2v) is 5.23. The topological polar surface area (TPSA) is 40.2 Å². The summed E-state index contributed by atoms with van der Waals surface area (Å²) in [4.78, 5) is 23.2. The fraction of sp³-hybridized carbons (Fsp3) is 0.538. The third-order valence-electron chi connectivity index (χ3n) is 3.40. The maximum absolute atomic E-state index is 5.86. The van der Waals surface area contributed by atoms with Crippen molar-refractivity contribution in [2.75, 3.05) is 18.4 Å². The molecule has 1 heterocycles. The first-order chi connectivity index (χ1) is 9.27. The first-order valence-electron chi connectivity index (χ1n) is 6.39. The van der Waals surface area contributed by atoms with Crippen LogP contribution in [-0.2, 0) is 19.6 Å². The SMILES string of the molecule is Clc1ccc(N2COOC3(CCCC3)OOC2)cc1. The second-order valence-electron chi connectivity index (χ2n) is 4.79. The fourth-order valence-electron chi connectivity index (χ4n) is 2.33. The molecule has 0 amide bonds. The molecule has 0 N–H and O–H groups in total. The van der Waals surface area contributed by atoms with Gasteiger partial charge in [0.1, 0.15) is 0 Å². The van der Waals surface area contributed by atoms with E-state index >= 15 is 0 Å². The van der Waals surface area contributed by atoms with Crippen molar-refractivity contribution in [2.24, 2.45) is 0 Å². The van der Waals surface area contributed by atoms with Crippen molar-refractivity contribution in [1.82, 2.24) is 0 Å². The van der Waals surface area contributed by atoms with Crippen molar-refractivity contribution >= 4 is 17.3 Å². The zero-order valence-electron chi connectivity index (χ0n) is 10.5. The lowest BCUT2D eigenvalue weighted by Gasteiger charge is -2.32. The van der Waals surface area contributed by atoms with Gasteiger partial charge in [-0.2, -0.15) is 9.78 Å². The van der Waals surface area contributed by atoms with E-state index in [1.54, 1.807) is 0 Å². The quantitative estimate of drug-likeness (QED) is 0.741. The summed E-state index contributed by atoms with van der Waals surface area (Å²) in [5.74, 6) is -0.716. The fourth-order valence-corrected chi connectivity index (χ4v) is 2.45.